The maximum absolute atomic E-state index is 11.9. The van der Waals surface area contributed by atoms with E-state index in [0.717, 1.165) is 0 Å². The van der Waals surface area contributed by atoms with Gasteiger partial charge in [-0.3, -0.25) is 4.57 Å². The first kappa shape index (κ1) is 13.7. The molecule has 0 bridgehead atoms. The molecule has 0 saturated carbocycles. The average Bonchev–Trinajstić information content (AvgIpc) is 2.77. The molecule has 104 valence electrons. The molecule has 2 rings (SSSR count). The summed E-state index contributed by atoms with van der Waals surface area (Å²) in [6, 6.07) is 1.65. The summed E-state index contributed by atoms with van der Waals surface area (Å²) in [7, 11) is 0. The van der Waals surface area contributed by atoms with E-state index < -0.39 is 24.1 Å². The molecule has 1 aromatic heterocycles. The van der Waals surface area contributed by atoms with Crippen LogP contribution >= 0.6 is 0 Å². The molecule has 2 heterocycles. The summed E-state index contributed by atoms with van der Waals surface area (Å²) < 4.78 is 6.70. The predicted molar refractivity (Wildman–Crippen MR) is 68.8 cm³/mol. The summed E-state index contributed by atoms with van der Waals surface area (Å²) in [5, 5.41) is 21.6. The highest BCUT2D eigenvalue weighted by molar-refractivity contribution is 5.32. The summed E-state index contributed by atoms with van der Waals surface area (Å²) >= 11 is 0. The summed E-state index contributed by atoms with van der Waals surface area (Å²) in [4.78, 5) is 15.7. The van der Waals surface area contributed by atoms with Crippen LogP contribution in [0.25, 0.3) is 0 Å². The van der Waals surface area contributed by atoms with Crippen molar-refractivity contribution >= 4 is 5.82 Å². The van der Waals surface area contributed by atoms with E-state index in [4.69, 9.17) is 9.84 Å². The Morgan fingerprint density at radius 1 is 1.68 bits per heavy atom. The number of hydrogen-bond acceptors (Lipinski definition) is 6. The van der Waals surface area contributed by atoms with Crippen LogP contribution in [-0.4, -0.2) is 45.1 Å². The largest absolute Gasteiger partial charge is 0.394 e. The van der Waals surface area contributed by atoms with Crippen molar-refractivity contribution in [1.82, 2.24) is 9.55 Å². The molecule has 0 spiro atoms. The number of nitrogens with zero attached hydrogens (tertiary/aromatic N) is 2. The number of hydrogen-bond donors (Lipinski definition) is 3. The van der Waals surface area contributed by atoms with Gasteiger partial charge in [0.25, 0.3) is 0 Å². The predicted octanol–water partition coefficient (Wildman–Crippen LogP) is -0.518. The van der Waals surface area contributed by atoms with Crippen molar-refractivity contribution in [3.05, 3.63) is 35.4 Å². The van der Waals surface area contributed by atoms with Crippen LogP contribution in [0.4, 0.5) is 5.82 Å². The third-order valence-electron chi connectivity index (χ3n) is 2.95. The molecular formula is C12H17N3O4. The maximum Gasteiger partial charge on any atom is 0.351 e. The van der Waals surface area contributed by atoms with Crippen LogP contribution in [-0.2, 0) is 4.74 Å². The zero-order valence-corrected chi connectivity index (χ0v) is 10.4. The minimum atomic E-state index is -0.777. The topological polar surface area (TPSA) is 96.6 Å². The van der Waals surface area contributed by atoms with Crippen LogP contribution in [0.1, 0.15) is 12.6 Å². The first-order valence-electron chi connectivity index (χ1n) is 6.04. The molecule has 0 unspecified atom stereocenters. The minimum Gasteiger partial charge on any atom is -0.394 e. The SMILES string of the molecule is C=CCNc1ccn([C@H]2C[C@H](O)[C@@H](CO)O2)c(=O)n1. The van der Waals surface area contributed by atoms with Gasteiger partial charge in [-0.15, -0.1) is 6.58 Å². The summed E-state index contributed by atoms with van der Waals surface area (Å²) in [6.45, 7) is 3.80. The Kier molecular flexibility index (Phi) is 4.31. The highest BCUT2D eigenvalue weighted by Crippen LogP contribution is 2.27. The van der Waals surface area contributed by atoms with Gasteiger partial charge in [0.1, 0.15) is 18.1 Å². The van der Waals surface area contributed by atoms with Gasteiger partial charge in [-0.25, -0.2) is 4.79 Å². The molecule has 0 aliphatic carbocycles. The number of anilines is 1. The van der Waals surface area contributed by atoms with Gasteiger partial charge in [-0.1, -0.05) is 6.08 Å². The Morgan fingerprint density at radius 3 is 3.05 bits per heavy atom. The van der Waals surface area contributed by atoms with Gasteiger partial charge in [0.2, 0.25) is 0 Å². The van der Waals surface area contributed by atoms with E-state index in [1.807, 2.05) is 0 Å². The van der Waals surface area contributed by atoms with Crippen molar-refractivity contribution in [1.29, 1.82) is 0 Å². The Labute approximate surface area is 110 Å². The fraction of sp³-hybridized carbons (Fsp3) is 0.500. The monoisotopic (exact) mass is 267 g/mol. The quantitative estimate of drug-likeness (QED) is 0.621. The van der Waals surface area contributed by atoms with Gasteiger partial charge < -0.3 is 20.3 Å². The Morgan fingerprint density at radius 2 is 2.47 bits per heavy atom. The van der Waals surface area contributed by atoms with E-state index in [1.165, 1.54) is 4.57 Å². The minimum absolute atomic E-state index is 0.256. The second-order valence-corrected chi connectivity index (χ2v) is 4.29. The van der Waals surface area contributed by atoms with Crippen LogP contribution in [0, 0.1) is 0 Å². The van der Waals surface area contributed by atoms with Gasteiger partial charge in [-0.05, 0) is 6.07 Å². The van der Waals surface area contributed by atoms with Crippen molar-refractivity contribution < 1.29 is 14.9 Å². The van der Waals surface area contributed by atoms with E-state index in [1.54, 1.807) is 18.3 Å². The van der Waals surface area contributed by atoms with Crippen LogP contribution in [0.3, 0.4) is 0 Å². The number of rotatable bonds is 5. The zero-order chi connectivity index (χ0) is 13.8. The van der Waals surface area contributed by atoms with Crippen molar-refractivity contribution in [2.75, 3.05) is 18.5 Å². The molecule has 1 aliphatic heterocycles. The standard InChI is InChI=1S/C12H17N3O4/c1-2-4-13-10-3-5-15(12(18)14-10)11-6-8(17)9(7-16)19-11/h2-3,5,8-9,11,16-17H,1,4,6-7H2,(H,13,14,18)/t8-,9+,11+/m0/s1. The van der Waals surface area contributed by atoms with Crippen molar-refractivity contribution in [3.8, 4) is 0 Å². The molecule has 0 radical (unpaired) electrons. The first-order valence-corrected chi connectivity index (χ1v) is 6.04. The van der Waals surface area contributed by atoms with Crippen LogP contribution in [0.5, 0.6) is 0 Å². The summed E-state index contributed by atoms with van der Waals surface area (Å²) in [5.41, 5.74) is -0.468. The van der Waals surface area contributed by atoms with Gasteiger partial charge in [-0.2, -0.15) is 4.98 Å². The number of aliphatic hydroxyl groups is 2. The van der Waals surface area contributed by atoms with Gasteiger partial charge >= 0.3 is 5.69 Å². The van der Waals surface area contributed by atoms with Crippen molar-refractivity contribution in [2.45, 2.75) is 24.9 Å². The number of nitrogens with one attached hydrogen (secondary N) is 1. The lowest BCUT2D eigenvalue weighted by Crippen LogP contribution is -2.28. The van der Waals surface area contributed by atoms with E-state index in [9.17, 15) is 9.90 Å². The lowest BCUT2D eigenvalue weighted by atomic mass is 10.2. The fourth-order valence-corrected chi connectivity index (χ4v) is 1.96. The molecule has 3 atom stereocenters. The van der Waals surface area contributed by atoms with E-state index in [-0.39, 0.29) is 13.0 Å². The Balaban J connectivity index is 2.13. The average molecular weight is 267 g/mol. The molecule has 19 heavy (non-hydrogen) atoms. The van der Waals surface area contributed by atoms with E-state index >= 15 is 0 Å². The van der Waals surface area contributed by atoms with Crippen LogP contribution in [0.2, 0.25) is 0 Å². The normalized spacial score (nSPS) is 26.3. The first-order chi connectivity index (χ1) is 9.15. The third kappa shape index (κ3) is 3.01. The molecule has 1 saturated heterocycles. The second-order valence-electron chi connectivity index (χ2n) is 4.29. The van der Waals surface area contributed by atoms with Gasteiger partial charge in [0.15, 0.2) is 0 Å². The van der Waals surface area contributed by atoms with Gasteiger partial charge in [0.05, 0.1) is 12.7 Å². The summed E-state index contributed by atoms with van der Waals surface area (Å²) in [5.74, 6) is 0.457. The van der Waals surface area contributed by atoms with Gasteiger partial charge in [0, 0.05) is 19.2 Å². The van der Waals surface area contributed by atoms with Crippen molar-refractivity contribution in [3.63, 3.8) is 0 Å². The summed E-state index contributed by atoms with van der Waals surface area (Å²) in [6.07, 6.45) is 1.44. The maximum atomic E-state index is 11.9. The smallest absolute Gasteiger partial charge is 0.351 e. The van der Waals surface area contributed by atoms with Crippen LogP contribution < -0.4 is 11.0 Å². The van der Waals surface area contributed by atoms with Crippen LogP contribution in [0.15, 0.2) is 29.7 Å². The fourth-order valence-electron chi connectivity index (χ4n) is 1.96. The Hall–Kier alpha value is -1.70. The molecule has 1 aromatic rings. The lowest BCUT2D eigenvalue weighted by molar-refractivity contribution is -0.0458. The molecule has 0 aromatic carbocycles. The van der Waals surface area contributed by atoms with E-state index in [2.05, 4.69) is 16.9 Å². The number of aliphatic hydroxyl groups excluding tert-OH is 2. The molecule has 0 amide bonds. The van der Waals surface area contributed by atoms with E-state index in [0.29, 0.717) is 12.4 Å². The lowest BCUT2D eigenvalue weighted by Gasteiger charge is -2.14. The molecule has 1 aliphatic rings. The molecular weight excluding hydrogens is 250 g/mol. The zero-order valence-electron chi connectivity index (χ0n) is 10.4. The molecule has 7 nitrogen and oxygen atoms in total. The highest BCUT2D eigenvalue weighted by atomic mass is 16.5. The molecule has 7 heteroatoms. The second kappa shape index (κ2) is 5.96. The van der Waals surface area contributed by atoms with Crippen molar-refractivity contribution in [2.24, 2.45) is 0 Å². The highest BCUT2D eigenvalue weighted by Gasteiger charge is 2.34. The third-order valence-corrected chi connectivity index (χ3v) is 2.95. The molecule has 3 N–H and O–H groups in total. The Bertz CT molecular complexity index is 502. The molecule has 1 fully saturated rings. The number of ether oxygens (including phenoxy) is 1. The number of aromatic nitrogens is 2.